The fourth-order valence-corrected chi connectivity index (χ4v) is 3.86. The molecule has 78 valence electrons. The summed E-state index contributed by atoms with van der Waals surface area (Å²) in [5.41, 5.74) is 0. The van der Waals surface area contributed by atoms with Gasteiger partial charge < -0.3 is 10.4 Å². The van der Waals surface area contributed by atoms with Gasteiger partial charge in [-0.15, -0.1) is 0 Å². The standard InChI is InChI=1S/C9H19NOS2/c1-2-8(11)5-10-6-9-7-12-3-4-13-9/h8-11H,2-7H2,1H3. The second kappa shape index (κ2) is 6.98. The van der Waals surface area contributed by atoms with E-state index in [0.29, 0.717) is 0 Å². The van der Waals surface area contributed by atoms with Gasteiger partial charge in [-0.05, 0) is 6.42 Å². The summed E-state index contributed by atoms with van der Waals surface area (Å²) in [4.78, 5) is 0. The SMILES string of the molecule is CCC(O)CNCC1CSCCS1. The van der Waals surface area contributed by atoms with E-state index in [1.54, 1.807) is 0 Å². The zero-order valence-corrected chi connectivity index (χ0v) is 9.79. The van der Waals surface area contributed by atoms with Crippen LogP contribution in [0.2, 0.25) is 0 Å². The summed E-state index contributed by atoms with van der Waals surface area (Å²) < 4.78 is 0. The highest BCUT2D eigenvalue weighted by molar-refractivity contribution is 8.06. The Morgan fingerprint density at radius 2 is 2.38 bits per heavy atom. The molecule has 2 atom stereocenters. The zero-order valence-electron chi connectivity index (χ0n) is 8.16. The number of nitrogens with one attached hydrogen (secondary N) is 1. The molecule has 0 aliphatic carbocycles. The minimum atomic E-state index is -0.166. The van der Waals surface area contributed by atoms with E-state index in [4.69, 9.17) is 0 Å². The molecule has 1 aliphatic heterocycles. The van der Waals surface area contributed by atoms with E-state index in [9.17, 15) is 5.11 Å². The number of aliphatic hydroxyl groups excluding tert-OH is 1. The summed E-state index contributed by atoms with van der Waals surface area (Å²) in [6.07, 6.45) is 0.681. The van der Waals surface area contributed by atoms with Gasteiger partial charge in [-0.3, -0.25) is 0 Å². The minimum Gasteiger partial charge on any atom is -0.392 e. The highest BCUT2D eigenvalue weighted by atomic mass is 32.2. The average molecular weight is 221 g/mol. The molecule has 1 aliphatic rings. The maximum atomic E-state index is 9.31. The molecule has 0 radical (unpaired) electrons. The molecule has 2 unspecified atom stereocenters. The first-order chi connectivity index (χ1) is 6.33. The third kappa shape index (κ3) is 5.15. The van der Waals surface area contributed by atoms with Gasteiger partial charge in [0.25, 0.3) is 0 Å². The molecular formula is C9H19NOS2. The van der Waals surface area contributed by atoms with Gasteiger partial charge in [0, 0.05) is 35.6 Å². The number of aliphatic hydroxyl groups is 1. The lowest BCUT2D eigenvalue weighted by Crippen LogP contribution is -2.34. The predicted molar refractivity (Wildman–Crippen MR) is 62.7 cm³/mol. The molecule has 1 rings (SSSR count). The highest BCUT2D eigenvalue weighted by Gasteiger charge is 2.13. The zero-order chi connectivity index (χ0) is 9.52. The third-order valence-corrected chi connectivity index (χ3v) is 4.95. The first-order valence-corrected chi connectivity index (χ1v) is 7.11. The molecule has 0 aromatic rings. The van der Waals surface area contributed by atoms with Crippen molar-refractivity contribution < 1.29 is 5.11 Å². The minimum absolute atomic E-state index is 0.166. The number of rotatable bonds is 5. The summed E-state index contributed by atoms with van der Waals surface area (Å²) in [6, 6.07) is 0. The van der Waals surface area contributed by atoms with Crippen LogP contribution in [0.5, 0.6) is 0 Å². The number of thioether (sulfide) groups is 2. The smallest absolute Gasteiger partial charge is 0.0662 e. The van der Waals surface area contributed by atoms with Crippen molar-refractivity contribution in [1.29, 1.82) is 0 Å². The molecule has 4 heteroatoms. The van der Waals surface area contributed by atoms with Crippen molar-refractivity contribution in [3.8, 4) is 0 Å². The van der Waals surface area contributed by atoms with Crippen LogP contribution in [0.1, 0.15) is 13.3 Å². The number of hydrogen-bond acceptors (Lipinski definition) is 4. The first-order valence-electron chi connectivity index (χ1n) is 4.91. The summed E-state index contributed by atoms with van der Waals surface area (Å²) >= 11 is 4.10. The van der Waals surface area contributed by atoms with E-state index >= 15 is 0 Å². The van der Waals surface area contributed by atoms with E-state index in [1.165, 1.54) is 17.3 Å². The molecule has 1 saturated heterocycles. The maximum absolute atomic E-state index is 9.31. The molecule has 13 heavy (non-hydrogen) atoms. The Balaban J connectivity index is 1.98. The topological polar surface area (TPSA) is 32.3 Å². The third-order valence-electron chi connectivity index (χ3n) is 2.11. The van der Waals surface area contributed by atoms with Crippen molar-refractivity contribution in [3.05, 3.63) is 0 Å². The van der Waals surface area contributed by atoms with Crippen LogP contribution in [-0.2, 0) is 0 Å². The average Bonchev–Trinajstić information content (AvgIpc) is 2.19. The summed E-state index contributed by atoms with van der Waals surface area (Å²) in [6.45, 7) is 3.81. The van der Waals surface area contributed by atoms with E-state index in [0.717, 1.165) is 24.8 Å². The number of hydrogen-bond donors (Lipinski definition) is 2. The lowest BCUT2D eigenvalue weighted by molar-refractivity contribution is 0.168. The first kappa shape index (κ1) is 11.7. The quantitative estimate of drug-likeness (QED) is 0.730. The van der Waals surface area contributed by atoms with Crippen molar-refractivity contribution >= 4 is 23.5 Å². The van der Waals surface area contributed by atoms with Crippen LogP contribution in [0, 0.1) is 0 Å². The fourth-order valence-electron chi connectivity index (χ4n) is 1.21. The largest absolute Gasteiger partial charge is 0.392 e. The molecule has 0 bridgehead atoms. The van der Waals surface area contributed by atoms with Crippen LogP contribution in [0.15, 0.2) is 0 Å². The molecular weight excluding hydrogens is 202 g/mol. The van der Waals surface area contributed by atoms with Gasteiger partial charge in [0.1, 0.15) is 0 Å². The van der Waals surface area contributed by atoms with Crippen molar-refractivity contribution in [2.75, 3.05) is 30.3 Å². The predicted octanol–water partition coefficient (Wildman–Crippen LogP) is 1.20. The molecule has 2 N–H and O–H groups in total. The molecule has 0 amide bonds. The summed E-state index contributed by atoms with van der Waals surface area (Å²) in [5.74, 6) is 3.85. The highest BCUT2D eigenvalue weighted by Crippen LogP contribution is 2.23. The van der Waals surface area contributed by atoms with Gasteiger partial charge in [0.2, 0.25) is 0 Å². The Morgan fingerprint density at radius 1 is 1.54 bits per heavy atom. The molecule has 0 spiro atoms. The van der Waals surface area contributed by atoms with Crippen LogP contribution < -0.4 is 5.32 Å². The fraction of sp³-hybridized carbons (Fsp3) is 1.00. The van der Waals surface area contributed by atoms with Crippen molar-refractivity contribution in [2.45, 2.75) is 24.7 Å². The monoisotopic (exact) mass is 221 g/mol. The summed E-state index contributed by atoms with van der Waals surface area (Å²) in [7, 11) is 0. The van der Waals surface area contributed by atoms with Crippen molar-refractivity contribution in [1.82, 2.24) is 5.32 Å². The van der Waals surface area contributed by atoms with Gasteiger partial charge >= 0.3 is 0 Å². The molecule has 1 heterocycles. The normalized spacial score (nSPS) is 25.8. The van der Waals surface area contributed by atoms with Gasteiger partial charge in [-0.25, -0.2) is 0 Å². The van der Waals surface area contributed by atoms with E-state index in [1.807, 2.05) is 18.7 Å². The molecule has 0 aromatic heterocycles. The van der Waals surface area contributed by atoms with Crippen LogP contribution in [0.25, 0.3) is 0 Å². The Kier molecular flexibility index (Phi) is 6.28. The van der Waals surface area contributed by atoms with Gasteiger partial charge in [-0.1, -0.05) is 6.92 Å². The van der Waals surface area contributed by atoms with Crippen LogP contribution in [0.4, 0.5) is 0 Å². The van der Waals surface area contributed by atoms with Crippen molar-refractivity contribution in [3.63, 3.8) is 0 Å². The van der Waals surface area contributed by atoms with Crippen LogP contribution in [0.3, 0.4) is 0 Å². The van der Waals surface area contributed by atoms with Crippen LogP contribution >= 0.6 is 23.5 Å². The molecule has 0 saturated carbocycles. The van der Waals surface area contributed by atoms with Crippen LogP contribution in [-0.4, -0.2) is 46.8 Å². The second-order valence-corrected chi connectivity index (χ2v) is 5.85. The second-order valence-electron chi connectivity index (χ2n) is 3.29. The van der Waals surface area contributed by atoms with Crippen molar-refractivity contribution in [2.24, 2.45) is 0 Å². The van der Waals surface area contributed by atoms with Gasteiger partial charge in [0.15, 0.2) is 0 Å². The molecule has 2 nitrogen and oxygen atoms in total. The van der Waals surface area contributed by atoms with E-state index in [-0.39, 0.29) is 6.10 Å². The Morgan fingerprint density at radius 3 is 3.00 bits per heavy atom. The maximum Gasteiger partial charge on any atom is 0.0662 e. The van der Waals surface area contributed by atoms with Gasteiger partial charge in [-0.2, -0.15) is 23.5 Å². The van der Waals surface area contributed by atoms with E-state index in [2.05, 4.69) is 17.1 Å². The lowest BCUT2D eigenvalue weighted by atomic mass is 10.3. The molecule has 1 fully saturated rings. The Bertz CT molecular complexity index is 129. The van der Waals surface area contributed by atoms with Gasteiger partial charge in [0.05, 0.1) is 6.10 Å². The molecule has 0 aromatic carbocycles. The summed E-state index contributed by atoms with van der Waals surface area (Å²) in [5, 5.41) is 13.4. The van der Waals surface area contributed by atoms with E-state index < -0.39 is 0 Å². The lowest BCUT2D eigenvalue weighted by Gasteiger charge is -2.21. The Hall–Kier alpha value is 0.620. The Labute approximate surface area is 89.2 Å².